The lowest BCUT2D eigenvalue weighted by Crippen LogP contribution is -2.35. The molecular weight excluding hydrogens is 206 g/mol. The van der Waals surface area contributed by atoms with Gasteiger partial charge >= 0.3 is 0 Å². The van der Waals surface area contributed by atoms with Crippen LogP contribution in [0.4, 0.5) is 0 Å². The molecule has 0 radical (unpaired) electrons. The van der Waals surface area contributed by atoms with Crippen molar-refractivity contribution in [3.05, 3.63) is 60.2 Å². The van der Waals surface area contributed by atoms with Crippen molar-refractivity contribution in [3.63, 3.8) is 0 Å². The molecule has 0 amide bonds. The number of hydrogen-bond acceptors (Lipinski definition) is 1. The van der Waals surface area contributed by atoms with Crippen molar-refractivity contribution >= 4 is 11.6 Å². The summed E-state index contributed by atoms with van der Waals surface area (Å²) in [4.78, 5) is 0. The van der Waals surface area contributed by atoms with E-state index in [1.807, 2.05) is 36.4 Å². The summed E-state index contributed by atoms with van der Waals surface area (Å²) in [5, 5.41) is 0.721. The van der Waals surface area contributed by atoms with E-state index in [4.69, 9.17) is 17.3 Å². The fourth-order valence-electron chi connectivity index (χ4n) is 1.62. The smallest absolute Gasteiger partial charge is 0.0479 e. The van der Waals surface area contributed by atoms with Crippen LogP contribution in [0.2, 0.25) is 5.02 Å². The van der Waals surface area contributed by atoms with Gasteiger partial charge in [-0.1, -0.05) is 35.9 Å². The van der Waals surface area contributed by atoms with E-state index in [-0.39, 0.29) is 0 Å². The van der Waals surface area contributed by atoms with Crippen molar-refractivity contribution < 1.29 is 0 Å². The number of benzene rings is 1. The molecule has 1 nitrogen and oxygen atoms in total. The predicted octanol–water partition coefficient (Wildman–Crippen LogP) is 3.65. The summed E-state index contributed by atoms with van der Waals surface area (Å²) in [5.41, 5.74) is 6.96. The first-order valence-electron chi connectivity index (χ1n) is 4.89. The van der Waals surface area contributed by atoms with Gasteiger partial charge in [0.25, 0.3) is 0 Å². The molecule has 1 rings (SSSR count). The van der Waals surface area contributed by atoms with E-state index in [2.05, 4.69) is 13.2 Å². The Morgan fingerprint density at radius 3 is 2.00 bits per heavy atom. The minimum Gasteiger partial charge on any atom is -0.321 e. The fraction of sp³-hybridized carbons (Fsp3) is 0.231. The lowest BCUT2D eigenvalue weighted by atomic mass is 9.85. The van der Waals surface area contributed by atoms with Gasteiger partial charge in [-0.2, -0.15) is 0 Å². The van der Waals surface area contributed by atoms with Crippen LogP contribution < -0.4 is 5.73 Å². The van der Waals surface area contributed by atoms with Gasteiger partial charge in [-0.05, 0) is 30.5 Å². The Morgan fingerprint density at radius 1 is 1.13 bits per heavy atom. The molecule has 0 atom stereocenters. The summed E-state index contributed by atoms with van der Waals surface area (Å²) in [6, 6.07) is 7.61. The molecule has 80 valence electrons. The van der Waals surface area contributed by atoms with Gasteiger partial charge in [0.1, 0.15) is 0 Å². The zero-order valence-electron chi connectivity index (χ0n) is 8.75. The Kier molecular flexibility index (Phi) is 4.13. The monoisotopic (exact) mass is 221 g/mol. The average molecular weight is 222 g/mol. The van der Waals surface area contributed by atoms with Gasteiger partial charge in [-0.15, -0.1) is 13.2 Å². The molecule has 0 aliphatic carbocycles. The van der Waals surface area contributed by atoms with Crippen molar-refractivity contribution in [1.82, 2.24) is 0 Å². The molecular formula is C13H16ClN. The van der Waals surface area contributed by atoms with Gasteiger partial charge in [-0.25, -0.2) is 0 Å². The zero-order chi connectivity index (χ0) is 11.3. The number of nitrogens with two attached hydrogens (primary N) is 1. The van der Waals surface area contributed by atoms with E-state index >= 15 is 0 Å². The second-order valence-electron chi connectivity index (χ2n) is 3.65. The van der Waals surface area contributed by atoms with E-state index < -0.39 is 5.54 Å². The molecule has 0 aliphatic heterocycles. The summed E-state index contributed by atoms with van der Waals surface area (Å²) in [6.07, 6.45) is 5.11. The van der Waals surface area contributed by atoms with E-state index in [1.54, 1.807) is 0 Å². The third-order valence-corrected chi connectivity index (χ3v) is 2.69. The van der Waals surface area contributed by atoms with Crippen LogP contribution in [0.1, 0.15) is 18.4 Å². The van der Waals surface area contributed by atoms with Crippen LogP contribution in [0, 0.1) is 0 Å². The molecule has 0 fully saturated rings. The minimum absolute atomic E-state index is 0.409. The van der Waals surface area contributed by atoms with Crippen molar-refractivity contribution in [3.8, 4) is 0 Å². The maximum absolute atomic E-state index is 6.30. The molecule has 1 aromatic rings. The van der Waals surface area contributed by atoms with E-state index in [0.717, 1.165) is 23.4 Å². The summed E-state index contributed by atoms with van der Waals surface area (Å²) in [7, 11) is 0. The Balaban J connectivity index is 3.02. The second-order valence-corrected chi connectivity index (χ2v) is 4.09. The highest BCUT2D eigenvalue weighted by atomic mass is 35.5. The lowest BCUT2D eigenvalue weighted by molar-refractivity contribution is 0.456. The maximum Gasteiger partial charge on any atom is 0.0479 e. The normalized spacial score (nSPS) is 11.1. The van der Waals surface area contributed by atoms with Gasteiger partial charge in [-0.3, -0.25) is 0 Å². The first kappa shape index (κ1) is 12.0. The van der Waals surface area contributed by atoms with E-state index in [0.29, 0.717) is 0 Å². The van der Waals surface area contributed by atoms with Crippen LogP contribution in [0.3, 0.4) is 0 Å². The summed E-state index contributed by atoms with van der Waals surface area (Å²) in [5.74, 6) is 0. The van der Waals surface area contributed by atoms with Gasteiger partial charge in [0.05, 0.1) is 0 Å². The largest absolute Gasteiger partial charge is 0.321 e. The Morgan fingerprint density at radius 2 is 1.60 bits per heavy atom. The maximum atomic E-state index is 6.30. The van der Waals surface area contributed by atoms with Crippen LogP contribution in [-0.2, 0) is 5.54 Å². The topological polar surface area (TPSA) is 26.0 Å². The first-order valence-corrected chi connectivity index (χ1v) is 5.27. The molecule has 0 saturated heterocycles. The van der Waals surface area contributed by atoms with Gasteiger partial charge in [0.2, 0.25) is 0 Å². The zero-order valence-corrected chi connectivity index (χ0v) is 9.50. The van der Waals surface area contributed by atoms with Gasteiger partial charge in [0, 0.05) is 10.6 Å². The molecule has 0 bridgehead atoms. The number of halogens is 1. The van der Waals surface area contributed by atoms with E-state index in [9.17, 15) is 0 Å². The molecule has 0 aromatic heterocycles. The summed E-state index contributed by atoms with van der Waals surface area (Å²) >= 11 is 5.83. The van der Waals surface area contributed by atoms with Crippen LogP contribution in [0.25, 0.3) is 0 Å². The summed E-state index contributed by atoms with van der Waals surface area (Å²) < 4.78 is 0. The molecule has 2 N–H and O–H groups in total. The quantitative estimate of drug-likeness (QED) is 0.755. The van der Waals surface area contributed by atoms with Gasteiger partial charge < -0.3 is 5.73 Å². The Bertz CT molecular complexity index is 330. The third kappa shape index (κ3) is 2.95. The van der Waals surface area contributed by atoms with E-state index in [1.165, 1.54) is 0 Å². The van der Waals surface area contributed by atoms with Crippen molar-refractivity contribution in [2.75, 3.05) is 0 Å². The SMILES string of the molecule is C=CCC(N)(CC=C)c1ccc(Cl)cc1. The average Bonchev–Trinajstić information content (AvgIpc) is 2.19. The summed E-state index contributed by atoms with van der Waals surface area (Å²) in [6.45, 7) is 7.46. The molecule has 0 saturated carbocycles. The molecule has 0 aliphatic rings. The lowest BCUT2D eigenvalue weighted by Gasteiger charge is -2.27. The highest BCUT2D eigenvalue weighted by molar-refractivity contribution is 6.30. The van der Waals surface area contributed by atoms with Crippen LogP contribution in [0.5, 0.6) is 0 Å². The fourth-order valence-corrected chi connectivity index (χ4v) is 1.74. The first-order chi connectivity index (χ1) is 7.12. The van der Waals surface area contributed by atoms with Gasteiger partial charge in [0.15, 0.2) is 0 Å². The highest BCUT2D eigenvalue weighted by Crippen LogP contribution is 2.27. The van der Waals surface area contributed by atoms with Crippen LogP contribution in [-0.4, -0.2) is 0 Å². The molecule has 0 heterocycles. The number of rotatable bonds is 5. The minimum atomic E-state index is -0.409. The molecule has 1 aromatic carbocycles. The van der Waals surface area contributed by atoms with Crippen molar-refractivity contribution in [2.24, 2.45) is 5.73 Å². The van der Waals surface area contributed by atoms with Crippen LogP contribution in [0.15, 0.2) is 49.6 Å². The molecule has 0 spiro atoms. The predicted molar refractivity (Wildman–Crippen MR) is 66.9 cm³/mol. The van der Waals surface area contributed by atoms with Crippen LogP contribution >= 0.6 is 11.6 Å². The third-order valence-electron chi connectivity index (χ3n) is 2.44. The van der Waals surface area contributed by atoms with Crippen molar-refractivity contribution in [1.29, 1.82) is 0 Å². The Hall–Kier alpha value is -1.05. The Labute approximate surface area is 96.2 Å². The highest BCUT2D eigenvalue weighted by Gasteiger charge is 2.23. The number of hydrogen-bond donors (Lipinski definition) is 1. The molecule has 15 heavy (non-hydrogen) atoms. The molecule has 0 unspecified atom stereocenters. The second kappa shape index (κ2) is 5.15. The standard InChI is InChI=1S/C13H16ClN/c1-3-9-13(15,10-4-2)11-5-7-12(14)8-6-11/h3-8H,1-2,9-10,15H2. The van der Waals surface area contributed by atoms with Crippen molar-refractivity contribution in [2.45, 2.75) is 18.4 Å². The molecule has 2 heteroatoms.